The van der Waals surface area contributed by atoms with E-state index in [-0.39, 0.29) is 18.1 Å². The van der Waals surface area contributed by atoms with Gasteiger partial charge < -0.3 is 4.90 Å². The second-order valence-electron chi connectivity index (χ2n) is 6.66. The Labute approximate surface area is 155 Å². The molecule has 3 nitrogen and oxygen atoms in total. The van der Waals surface area contributed by atoms with Crippen LogP contribution < -0.4 is 0 Å². The van der Waals surface area contributed by atoms with Crippen molar-refractivity contribution in [2.75, 3.05) is 26.2 Å². The van der Waals surface area contributed by atoms with E-state index in [9.17, 15) is 22.4 Å². The largest absolute Gasteiger partial charge is 0.416 e. The van der Waals surface area contributed by atoms with Crippen LogP contribution in [0.5, 0.6) is 0 Å². The van der Waals surface area contributed by atoms with E-state index in [2.05, 4.69) is 4.90 Å². The SMILES string of the molecule is O=C(Cc1cccc(F)c1)N1CCN(Cc2ccc(C(F)(F)F)cc2)CC1. The van der Waals surface area contributed by atoms with Crippen LogP contribution in [0.15, 0.2) is 48.5 Å². The monoisotopic (exact) mass is 380 g/mol. The summed E-state index contributed by atoms with van der Waals surface area (Å²) in [5.41, 5.74) is 0.800. The number of rotatable bonds is 4. The van der Waals surface area contributed by atoms with Crippen molar-refractivity contribution in [1.82, 2.24) is 9.80 Å². The summed E-state index contributed by atoms with van der Waals surface area (Å²) in [5, 5.41) is 0. The van der Waals surface area contributed by atoms with Crippen molar-refractivity contribution in [3.63, 3.8) is 0 Å². The van der Waals surface area contributed by atoms with E-state index >= 15 is 0 Å². The van der Waals surface area contributed by atoms with Crippen molar-refractivity contribution >= 4 is 5.91 Å². The number of alkyl halides is 3. The van der Waals surface area contributed by atoms with Gasteiger partial charge in [0.1, 0.15) is 5.82 Å². The molecule has 1 aliphatic heterocycles. The Kier molecular flexibility index (Phi) is 5.79. The van der Waals surface area contributed by atoms with E-state index < -0.39 is 11.7 Å². The molecule has 1 saturated heterocycles. The van der Waals surface area contributed by atoms with Crippen molar-refractivity contribution in [3.05, 3.63) is 71.0 Å². The summed E-state index contributed by atoms with van der Waals surface area (Å²) in [4.78, 5) is 16.2. The molecule has 7 heteroatoms. The van der Waals surface area contributed by atoms with E-state index in [0.29, 0.717) is 38.3 Å². The number of piperazine rings is 1. The molecule has 0 aromatic heterocycles. The summed E-state index contributed by atoms with van der Waals surface area (Å²) in [6, 6.07) is 11.2. The van der Waals surface area contributed by atoms with Gasteiger partial charge in [0.05, 0.1) is 12.0 Å². The molecule has 1 amide bonds. The van der Waals surface area contributed by atoms with E-state index in [1.807, 2.05) is 0 Å². The second-order valence-corrected chi connectivity index (χ2v) is 6.66. The molecule has 1 fully saturated rings. The maximum Gasteiger partial charge on any atom is 0.416 e. The fraction of sp³-hybridized carbons (Fsp3) is 0.350. The molecule has 0 bridgehead atoms. The van der Waals surface area contributed by atoms with Crippen molar-refractivity contribution in [3.8, 4) is 0 Å². The van der Waals surface area contributed by atoms with Gasteiger partial charge in [0.25, 0.3) is 0 Å². The smallest absolute Gasteiger partial charge is 0.340 e. The Morgan fingerprint density at radius 3 is 2.19 bits per heavy atom. The van der Waals surface area contributed by atoms with Crippen LogP contribution in [0.2, 0.25) is 0 Å². The van der Waals surface area contributed by atoms with Gasteiger partial charge in [-0.1, -0.05) is 24.3 Å². The van der Waals surface area contributed by atoms with Gasteiger partial charge >= 0.3 is 6.18 Å². The Balaban J connectivity index is 1.49. The molecule has 0 unspecified atom stereocenters. The zero-order valence-electron chi connectivity index (χ0n) is 14.7. The number of amides is 1. The normalized spacial score (nSPS) is 15.8. The third-order valence-corrected chi connectivity index (χ3v) is 4.66. The van der Waals surface area contributed by atoms with Crippen LogP contribution in [-0.2, 0) is 23.9 Å². The van der Waals surface area contributed by atoms with Gasteiger partial charge in [-0.3, -0.25) is 9.69 Å². The van der Waals surface area contributed by atoms with Gasteiger partial charge in [-0.05, 0) is 35.4 Å². The first-order chi connectivity index (χ1) is 12.8. The first kappa shape index (κ1) is 19.4. The first-order valence-corrected chi connectivity index (χ1v) is 8.72. The summed E-state index contributed by atoms with van der Waals surface area (Å²) >= 11 is 0. The number of halogens is 4. The average molecular weight is 380 g/mol. The zero-order chi connectivity index (χ0) is 19.4. The highest BCUT2D eigenvalue weighted by molar-refractivity contribution is 5.78. The van der Waals surface area contributed by atoms with Crippen LogP contribution >= 0.6 is 0 Å². The van der Waals surface area contributed by atoms with Crippen molar-refractivity contribution in [2.24, 2.45) is 0 Å². The fourth-order valence-corrected chi connectivity index (χ4v) is 3.15. The number of benzene rings is 2. The molecule has 1 heterocycles. The van der Waals surface area contributed by atoms with Gasteiger partial charge in [0.15, 0.2) is 0 Å². The van der Waals surface area contributed by atoms with Gasteiger partial charge in [0.2, 0.25) is 5.91 Å². The second kappa shape index (κ2) is 8.08. The lowest BCUT2D eigenvalue weighted by atomic mass is 10.1. The number of carbonyl (C=O) groups is 1. The van der Waals surface area contributed by atoms with Crippen molar-refractivity contribution < 1.29 is 22.4 Å². The molecule has 0 aliphatic carbocycles. The van der Waals surface area contributed by atoms with Crippen LogP contribution in [0.3, 0.4) is 0 Å². The fourth-order valence-electron chi connectivity index (χ4n) is 3.15. The van der Waals surface area contributed by atoms with Gasteiger partial charge in [-0.25, -0.2) is 4.39 Å². The van der Waals surface area contributed by atoms with Crippen molar-refractivity contribution in [2.45, 2.75) is 19.1 Å². The lowest BCUT2D eigenvalue weighted by Crippen LogP contribution is -2.48. The molecule has 1 aliphatic rings. The van der Waals surface area contributed by atoms with E-state index in [0.717, 1.165) is 17.7 Å². The lowest BCUT2D eigenvalue weighted by molar-refractivity contribution is -0.137. The zero-order valence-corrected chi connectivity index (χ0v) is 14.7. The highest BCUT2D eigenvalue weighted by Gasteiger charge is 2.30. The maximum absolute atomic E-state index is 13.2. The molecule has 0 spiro atoms. The van der Waals surface area contributed by atoms with Crippen molar-refractivity contribution in [1.29, 1.82) is 0 Å². The highest BCUT2D eigenvalue weighted by atomic mass is 19.4. The highest BCUT2D eigenvalue weighted by Crippen LogP contribution is 2.29. The molecule has 0 radical (unpaired) electrons. The minimum absolute atomic E-state index is 0.0465. The molecular weight excluding hydrogens is 360 g/mol. The number of carbonyl (C=O) groups excluding carboxylic acids is 1. The minimum atomic E-state index is -4.33. The van der Waals surface area contributed by atoms with Gasteiger partial charge in [0, 0.05) is 32.7 Å². The van der Waals surface area contributed by atoms with E-state index in [4.69, 9.17) is 0 Å². The Morgan fingerprint density at radius 1 is 0.926 bits per heavy atom. The third-order valence-electron chi connectivity index (χ3n) is 4.66. The summed E-state index contributed by atoms with van der Waals surface area (Å²) < 4.78 is 51.0. The Morgan fingerprint density at radius 2 is 1.59 bits per heavy atom. The predicted octanol–water partition coefficient (Wildman–Crippen LogP) is 3.73. The van der Waals surface area contributed by atoms with Crippen LogP contribution in [0.25, 0.3) is 0 Å². The molecule has 2 aromatic rings. The molecule has 2 aromatic carbocycles. The number of nitrogens with zero attached hydrogens (tertiary/aromatic N) is 2. The van der Waals surface area contributed by atoms with Gasteiger partial charge in [-0.15, -0.1) is 0 Å². The Bertz CT molecular complexity index is 781. The molecule has 0 saturated carbocycles. The quantitative estimate of drug-likeness (QED) is 0.755. The standard InChI is InChI=1S/C20H20F4N2O/c21-18-3-1-2-16(12-18)13-19(27)26-10-8-25(9-11-26)14-15-4-6-17(7-5-15)20(22,23)24/h1-7,12H,8-11,13-14H2. The van der Waals surface area contributed by atoms with Crippen LogP contribution in [-0.4, -0.2) is 41.9 Å². The van der Waals surface area contributed by atoms with Crippen LogP contribution in [0.1, 0.15) is 16.7 Å². The summed E-state index contributed by atoms with van der Waals surface area (Å²) in [7, 11) is 0. The predicted molar refractivity (Wildman–Crippen MR) is 93.4 cm³/mol. The summed E-state index contributed by atoms with van der Waals surface area (Å²) in [6.45, 7) is 2.94. The molecule has 144 valence electrons. The number of hydrogen-bond acceptors (Lipinski definition) is 2. The summed E-state index contributed by atoms with van der Waals surface area (Å²) in [5.74, 6) is -0.406. The minimum Gasteiger partial charge on any atom is -0.340 e. The average Bonchev–Trinajstić information content (AvgIpc) is 2.62. The third kappa shape index (κ3) is 5.29. The van der Waals surface area contributed by atoms with Gasteiger partial charge in [-0.2, -0.15) is 13.2 Å². The first-order valence-electron chi connectivity index (χ1n) is 8.72. The number of hydrogen-bond donors (Lipinski definition) is 0. The molecule has 0 atom stereocenters. The van der Waals surface area contributed by atoms with E-state index in [1.54, 1.807) is 17.0 Å². The molecule has 27 heavy (non-hydrogen) atoms. The molecule has 0 N–H and O–H groups in total. The van der Waals surface area contributed by atoms with Crippen LogP contribution in [0, 0.1) is 5.82 Å². The maximum atomic E-state index is 13.2. The molecular formula is C20H20F4N2O. The molecule has 3 rings (SSSR count). The Hall–Kier alpha value is -2.41. The van der Waals surface area contributed by atoms with Crippen LogP contribution in [0.4, 0.5) is 17.6 Å². The summed E-state index contributed by atoms with van der Waals surface area (Å²) in [6.07, 6.45) is -4.16. The van der Waals surface area contributed by atoms with E-state index in [1.165, 1.54) is 24.3 Å². The topological polar surface area (TPSA) is 23.6 Å². The lowest BCUT2D eigenvalue weighted by Gasteiger charge is -2.35.